The van der Waals surface area contributed by atoms with Gasteiger partial charge in [0.25, 0.3) is 0 Å². The van der Waals surface area contributed by atoms with Crippen LogP contribution in [0.15, 0.2) is 54.6 Å². The third-order valence-corrected chi connectivity index (χ3v) is 4.59. The van der Waals surface area contributed by atoms with E-state index in [2.05, 4.69) is 59.9 Å². The van der Waals surface area contributed by atoms with Crippen LogP contribution < -0.4 is 5.32 Å². The van der Waals surface area contributed by atoms with Crippen LogP contribution in [0.1, 0.15) is 37.7 Å². The van der Waals surface area contributed by atoms with E-state index in [9.17, 15) is 0 Å². The van der Waals surface area contributed by atoms with Gasteiger partial charge in [0.05, 0.1) is 0 Å². The molecule has 2 aromatic rings. The van der Waals surface area contributed by atoms with E-state index in [4.69, 9.17) is 0 Å². The second-order valence-corrected chi connectivity index (χ2v) is 6.18. The predicted molar refractivity (Wildman–Crippen MR) is 90.2 cm³/mol. The van der Waals surface area contributed by atoms with Gasteiger partial charge in [-0.3, -0.25) is 0 Å². The molecule has 0 saturated heterocycles. The van der Waals surface area contributed by atoms with Crippen LogP contribution in [0.2, 0.25) is 0 Å². The van der Waals surface area contributed by atoms with E-state index >= 15 is 0 Å². The first-order valence-corrected chi connectivity index (χ1v) is 8.27. The van der Waals surface area contributed by atoms with Crippen LogP contribution in [-0.4, -0.2) is 6.54 Å². The summed E-state index contributed by atoms with van der Waals surface area (Å²) in [7, 11) is 0. The van der Waals surface area contributed by atoms with Crippen LogP contribution in [0, 0.1) is 5.92 Å². The minimum atomic E-state index is 0.984. The van der Waals surface area contributed by atoms with Crippen molar-refractivity contribution in [3.8, 4) is 11.1 Å². The van der Waals surface area contributed by atoms with Gasteiger partial charge in [0.2, 0.25) is 0 Å². The molecule has 0 heterocycles. The normalized spacial score (nSPS) is 15.4. The van der Waals surface area contributed by atoms with E-state index in [1.165, 1.54) is 48.8 Å². The number of hydrogen-bond acceptors (Lipinski definition) is 1. The van der Waals surface area contributed by atoms with Crippen molar-refractivity contribution >= 4 is 0 Å². The highest BCUT2D eigenvalue weighted by molar-refractivity contribution is 5.63. The average molecular weight is 279 g/mol. The van der Waals surface area contributed by atoms with Crippen LogP contribution in [0.5, 0.6) is 0 Å². The summed E-state index contributed by atoms with van der Waals surface area (Å²) in [6, 6.07) is 19.5. The lowest BCUT2D eigenvalue weighted by molar-refractivity contribution is 0.477. The molecule has 0 bridgehead atoms. The lowest BCUT2D eigenvalue weighted by atomic mass is 10.0. The zero-order valence-corrected chi connectivity index (χ0v) is 12.7. The predicted octanol–water partition coefficient (Wildman–Crippen LogP) is 5.02. The third kappa shape index (κ3) is 4.18. The molecule has 1 saturated carbocycles. The van der Waals surface area contributed by atoms with E-state index in [-0.39, 0.29) is 0 Å². The topological polar surface area (TPSA) is 12.0 Å². The van der Waals surface area contributed by atoms with Gasteiger partial charge in [0.1, 0.15) is 0 Å². The van der Waals surface area contributed by atoms with Crippen molar-refractivity contribution in [1.82, 2.24) is 5.32 Å². The van der Waals surface area contributed by atoms with Gasteiger partial charge >= 0.3 is 0 Å². The van der Waals surface area contributed by atoms with Gasteiger partial charge in [0.15, 0.2) is 0 Å². The lowest BCUT2D eigenvalue weighted by Crippen LogP contribution is -2.16. The van der Waals surface area contributed by atoms with Gasteiger partial charge in [-0.1, -0.05) is 80.3 Å². The highest BCUT2D eigenvalue weighted by atomic mass is 14.8. The van der Waals surface area contributed by atoms with Crippen LogP contribution in [0.4, 0.5) is 0 Å². The fraction of sp³-hybridized carbons (Fsp3) is 0.400. The molecule has 3 rings (SSSR count). The standard InChI is InChI=1S/C20H25N/c1-2-8-19(9-3-1)20-12-10-18(11-13-20)16-21-15-14-17-6-4-5-7-17/h1-3,8-13,17,21H,4-7,14-16H2. The molecule has 0 atom stereocenters. The van der Waals surface area contributed by atoms with Gasteiger partial charge in [-0.15, -0.1) is 0 Å². The van der Waals surface area contributed by atoms with Crippen LogP contribution >= 0.6 is 0 Å². The maximum atomic E-state index is 3.59. The van der Waals surface area contributed by atoms with Gasteiger partial charge in [0, 0.05) is 6.54 Å². The summed E-state index contributed by atoms with van der Waals surface area (Å²) >= 11 is 0. The van der Waals surface area contributed by atoms with E-state index in [0.29, 0.717) is 0 Å². The molecule has 21 heavy (non-hydrogen) atoms. The smallest absolute Gasteiger partial charge is 0.0205 e. The van der Waals surface area contributed by atoms with Crippen molar-refractivity contribution in [2.24, 2.45) is 5.92 Å². The van der Waals surface area contributed by atoms with E-state index in [1.807, 2.05) is 0 Å². The van der Waals surface area contributed by atoms with E-state index in [1.54, 1.807) is 0 Å². The minimum Gasteiger partial charge on any atom is -0.313 e. The van der Waals surface area contributed by atoms with E-state index < -0.39 is 0 Å². The largest absolute Gasteiger partial charge is 0.313 e. The van der Waals surface area contributed by atoms with Crippen molar-refractivity contribution in [2.75, 3.05) is 6.54 Å². The average Bonchev–Trinajstić information content (AvgIpc) is 3.06. The molecule has 2 aromatic carbocycles. The minimum absolute atomic E-state index is 0.984. The number of hydrogen-bond donors (Lipinski definition) is 1. The summed E-state index contributed by atoms with van der Waals surface area (Å²) in [5, 5.41) is 3.59. The van der Waals surface area contributed by atoms with Crippen molar-refractivity contribution < 1.29 is 0 Å². The van der Waals surface area contributed by atoms with Gasteiger partial charge in [-0.25, -0.2) is 0 Å². The molecule has 1 nitrogen and oxygen atoms in total. The zero-order valence-electron chi connectivity index (χ0n) is 12.7. The zero-order chi connectivity index (χ0) is 14.3. The second-order valence-electron chi connectivity index (χ2n) is 6.18. The molecule has 0 unspecified atom stereocenters. The first kappa shape index (κ1) is 14.3. The summed E-state index contributed by atoms with van der Waals surface area (Å²) in [5.74, 6) is 0.984. The van der Waals surface area contributed by atoms with Crippen LogP contribution in [0.25, 0.3) is 11.1 Å². The van der Waals surface area contributed by atoms with Gasteiger partial charge < -0.3 is 5.32 Å². The first-order chi connectivity index (χ1) is 10.4. The maximum Gasteiger partial charge on any atom is 0.0205 e. The summed E-state index contributed by atoms with van der Waals surface area (Å²) in [5.41, 5.74) is 3.96. The summed E-state index contributed by atoms with van der Waals surface area (Å²) in [4.78, 5) is 0. The van der Waals surface area contributed by atoms with Crippen molar-refractivity contribution in [3.63, 3.8) is 0 Å². The summed E-state index contributed by atoms with van der Waals surface area (Å²) in [6.07, 6.45) is 7.15. The van der Waals surface area contributed by atoms with Crippen LogP contribution in [0.3, 0.4) is 0 Å². The summed E-state index contributed by atoms with van der Waals surface area (Å²) in [6.45, 7) is 2.15. The van der Waals surface area contributed by atoms with Crippen LogP contribution in [-0.2, 0) is 6.54 Å². The molecule has 1 fully saturated rings. The Kier molecular flexibility index (Phi) is 5.07. The van der Waals surface area contributed by atoms with Gasteiger partial charge in [-0.05, 0) is 35.6 Å². The molecule has 1 heteroatoms. The Labute approximate surface area is 128 Å². The SMILES string of the molecule is c1ccc(-c2ccc(CNCCC3CCCC3)cc2)cc1. The molecule has 110 valence electrons. The molecule has 0 aliphatic heterocycles. The second kappa shape index (κ2) is 7.42. The molecule has 0 aromatic heterocycles. The Morgan fingerprint density at radius 3 is 2.19 bits per heavy atom. The van der Waals surface area contributed by atoms with Crippen molar-refractivity contribution in [2.45, 2.75) is 38.6 Å². The first-order valence-electron chi connectivity index (χ1n) is 8.27. The monoisotopic (exact) mass is 279 g/mol. The Balaban J connectivity index is 1.46. The highest BCUT2D eigenvalue weighted by Crippen LogP contribution is 2.27. The quantitative estimate of drug-likeness (QED) is 0.732. The molecular weight excluding hydrogens is 254 g/mol. The van der Waals surface area contributed by atoms with Gasteiger partial charge in [-0.2, -0.15) is 0 Å². The number of rotatable bonds is 6. The Morgan fingerprint density at radius 2 is 1.48 bits per heavy atom. The fourth-order valence-corrected chi connectivity index (χ4v) is 3.28. The molecule has 0 spiro atoms. The summed E-state index contributed by atoms with van der Waals surface area (Å²) < 4.78 is 0. The lowest BCUT2D eigenvalue weighted by Gasteiger charge is -2.10. The van der Waals surface area contributed by atoms with Crippen molar-refractivity contribution in [1.29, 1.82) is 0 Å². The Morgan fingerprint density at radius 1 is 0.810 bits per heavy atom. The molecule has 1 aliphatic carbocycles. The number of benzene rings is 2. The Bertz CT molecular complexity index is 524. The van der Waals surface area contributed by atoms with E-state index in [0.717, 1.165) is 19.0 Å². The molecule has 1 aliphatic rings. The number of nitrogens with one attached hydrogen (secondary N) is 1. The molecule has 0 amide bonds. The van der Waals surface area contributed by atoms with Crippen molar-refractivity contribution in [3.05, 3.63) is 60.2 Å². The molecule has 1 N–H and O–H groups in total. The Hall–Kier alpha value is -1.60. The molecule has 0 radical (unpaired) electrons. The molecular formula is C20H25N. The highest BCUT2D eigenvalue weighted by Gasteiger charge is 2.13. The maximum absolute atomic E-state index is 3.59. The fourth-order valence-electron chi connectivity index (χ4n) is 3.28. The third-order valence-electron chi connectivity index (χ3n) is 4.59.